The standard InChI is InChI=1S/C13H21NO2S/c15-7-6-14(10-13-2-1-9-17-13)5-3-12-4-8-16-11-12/h1-2,9,12,15H,3-8,10-11H2. The first-order valence-corrected chi connectivity index (χ1v) is 7.20. The number of rotatable bonds is 7. The summed E-state index contributed by atoms with van der Waals surface area (Å²) >= 11 is 1.79. The Balaban J connectivity index is 1.75. The van der Waals surface area contributed by atoms with Crippen molar-refractivity contribution in [2.75, 3.05) is 32.9 Å². The highest BCUT2D eigenvalue weighted by Crippen LogP contribution is 2.18. The maximum Gasteiger partial charge on any atom is 0.0558 e. The smallest absolute Gasteiger partial charge is 0.0558 e. The second-order valence-corrected chi connectivity index (χ2v) is 5.63. The molecule has 1 N–H and O–H groups in total. The van der Waals surface area contributed by atoms with Gasteiger partial charge in [0.1, 0.15) is 0 Å². The summed E-state index contributed by atoms with van der Waals surface area (Å²) < 4.78 is 5.39. The van der Waals surface area contributed by atoms with E-state index in [0.717, 1.165) is 38.8 Å². The van der Waals surface area contributed by atoms with Crippen molar-refractivity contribution >= 4 is 11.3 Å². The molecule has 0 aromatic carbocycles. The highest BCUT2D eigenvalue weighted by atomic mass is 32.1. The third kappa shape index (κ3) is 4.39. The molecule has 0 saturated carbocycles. The molecular weight excluding hydrogens is 234 g/mol. The molecule has 0 bridgehead atoms. The van der Waals surface area contributed by atoms with Crippen LogP contribution in [0, 0.1) is 5.92 Å². The molecule has 1 aliphatic heterocycles. The van der Waals surface area contributed by atoms with E-state index in [4.69, 9.17) is 9.84 Å². The van der Waals surface area contributed by atoms with Crippen molar-refractivity contribution in [1.29, 1.82) is 0 Å². The summed E-state index contributed by atoms with van der Waals surface area (Å²) in [5.74, 6) is 0.722. The van der Waals surface area contributed by atoms with Gasteiger partial charge in [-0.15, -0.1) is 11.3 Å². The summed E-state index contributed by atoms with van der Waals surface area (Å²) in [6.07, 6.45) is 2.39. The fraction of sp³-hybridized carbons (Fsp3) is 0.692. The fourth-order valence-electron chi connectivity index (χ4n) is 2.21. The van der Waals surface area contributed by atoms with Gasteiger partial charge in [0.15, 0.2) is 0 Å². The van der Waals surface area contributed by atoms with Crippen molar-refractivity contribution in [2.24, 2.45) is 5.92 Å². The molecule has 0 spiro atoms. The van der Waals surface area contributed by atoms with E-state index in [1.165, 1.54) is 17.7 Å². The lowest BCUT2D eigenvalue weighted by molar-refractivity contribution is 0.165. The number of aliphatic hydroxyl groups is 1. The molecule has 1 saturated heterocycles. The molecule has 0 radical (unpaired) electrons. The van der Waals surface area contributed by atoms with Crippen LogP contribution in [-0.2, 0) is 11.3 Å². The van der Waals surface area contributed by atoms with Crippen LogP contribution in [0.2, 0.25) is 0 Å². The van der Waals surface area contributed by atoms with Crippen LogP contribution in [-0.4, -0.2) is 42.9 Å². The third-order valence-corrected chi connectivity index (χ3v) is 4.11. The molecule has 1 fully saturated rings. The average molecular weight is 255 g/mol. The van der Waals surface area contributed by atoms with Crippen molar-refractivity contribution in [3.05, 3.63) is 22.4 Å². The van der Waals surface area contributed by atoms with Crippen LogP contribution in [0.4, 0.5) is 0 Å². The second kappa shape index (κ2) is 7.11. The van der Waals surface area contributed by atoms with Crippen molar-refractivity contribution in [3.8, 4) is 0 Å². The van der Waals surface area contributed by atoms with Crippen LogP contribution in [0.15, 0.2) is 17.5 Å². The van der Waals surface area contributed by atoms with Crippen LogP contribution < -0.4 is 0 Å². The van der Waals surface area contributed by atoms with Gasteiger partial charge in [0, 0.05) is 31.2 Å². The summed E-state index contributed by atoms with van der Waals surface area (Å²) in [6.45, 7) is 4.89. The normalized spacial score (nSPS) is 20.2. The molecule has 0 aliphatic carbocycles. The molecule has 2 rings (SSSR count). The largest absolute Gasteiger partial charge is 0.395 e. The Morgan fingerprint density at radius 1 is 1.47 bits per heavy atom. The Bertz CT molecular complexity index is 296. The zero-order valence-corrected chi connectivity index (χ0v) is 11.0. The summed E-state index contributed by atoms with van der Waals surface area (Å²) in [6, 6.07) is 4.25. The molecule has 17 heavy (non-hydrogen) atoms. The van der Waals surface area contributed by atoms with Crippen molar-refractivity contribution in [1.82, 2.24) is 4.90 Å². The minimum atomic E-state index is 0.243. The average Bonchev–Trinajstić information content (AvgIpc) is 2.99. The number of nitrogens with zero attached hydrogens (tertiary/aromatic N) is 1. The van der Waals surface area contributed by atoms with E-state index < -0.39 is 0 Å². The third-order valence-electron chi connectivity index (χ3n) is 3.25. The number of aliphatic hydroxyl groups excluding tert-OH is 1. The molecular formula is C13H21NO2S. The molecule has 1 aromatic heterocycles. The lowest BCUT2D eigenvalue weighted by Gasteiger charge is -2.21. The first-order chi connectivity index (χ1) is 8.38. The van der Waals surface area contributed by atoms with Gasteiger partial charge in [0.2, 0.25) is 0 Å². The number of hydrogen-bond acceptors (Lipinski definition) is 4. The van der Waals surface area contributed by atoms with E-state index in [1.54, 1.807) is 11.3 Å². The van der Waals surface area contributed by atoms with Gasteiger partial charge in [-0.2, -0.15) is 0 Å². The highest BCUT2D eigenvalue weighted by Gasteiger charge is 2.17. The fourth-order valence-corrected chi connectivity index (χ4v) is 2.96. The zero-order chi connectivity index (χ0) is 11.9. The minimum absolute atomic E-state index is 0.243. The van der Waals surface area contributed by atoms with E-state index in [-0.39, 0.29) is 6.61 Å². The quantitative estimate of drug-likeness (QED) is 0.808. The lowest BCUT2D eigenvalue weighted by Crippen LogP contribution is -2.28. The van der Waals surface area contributed by atoms with Crippen LogP contribution in [0.5, 0.6) is 0 Å². The van der Waals surface area contributed by atoms with Crippen molar-refractivity contribution < 1.29 is 9.84 Å². The number of ether oxygens (including phenoxy) is 1. The van der Waals surface area contributed by atoms with Gasteiger partial charge in [-0.3, -0.25) is 4.90 Å². The molecule has 1 atom stereocenters. The predicted molar refractivity (Wildman–Crippen MR) is 70.2 cm³/mol. The van der Waals surface area contributed by atoms with E-state index >= 15 is 0 Å². The Kier molecular flexibility index (Phi) is 5.45. The molecule has 0 amide bonds. The van der Waals surface area contributed by atoms with Gasteiger partial charge in [-0.25, -0.2) is 0 Å². The van der Waals surface area contributed by atoms with Gasteiger partial charge < -0.3 is 9.84 Å². The summed E-state index contributed by atoms with van der Waals surface area (Å²) in [5, 5.41) is 11.2. The number of hydrogen-bond donors (Lipinski definition) is 1. The Hall–Kier alpha value is -0.420. The highest BCUT2D eigenvalue weighted by molar-refractivity contribution is 7.09. The first-order valence-electron chi connectivity index (χ1n) is 6.32. The molecule has 1 aromatic rings. The number of thiophene rings is 1. The SMILES string of the molecule is OCCN(CCC1CCOC1)Cc1cccs1. The maximum absolute atomic E-state index is 9.09. The van der Waals surface area contributed by atoms with Crippen LogP contribution >= 0.6 is 11.3 Å². The Morgan fingerprint density at radius 3 is 3.06 bits per heavy atom. The summed E-state index contributed by atoms with van der Waals surface area (Å²) in [7, 11) is 0. The summed E-state index contributed by atoms with van der Waals surface area (Å²) in [5.41, 5.74) is 0. The minimum Gasteiger partial charge on any atom is -0.395 e. The summed E-state index contributed by atoms with van der Waals surface area (Å²) in [4.78, 5) is 3.71. The van der Waals surface area contributed by atoms with Crippen molar-refractivity contribution in [3.63, 3.8) is 0 Å². The van der Waals surface area contributed by atoms with Gasteiger partial charge in [0.05, 0.1) is 6.61 Å². The molecule has 3 nitrogen and oxygen atoms in total. The second-order valence-electron chi connectivity index (χ2n) is 4.60. The molecule has 2 heterocycles. The van der Waals surface area contributed by atoms with E-state index in [1.807, 2.05) is 0 Å². The van der Waals surface area contributed by atoms with Gasteiger partial charge in [-0.1, -0.05) is 6.07 Å². The van der Waals surface area contributed by atoms with Crippen LogP contribution in [0.3, 0.4) is 0 Å². The lowest BCUT2D eigenvalue weighted by atomic mass is 10.1. The van der Waals surface area contributed by atoms with Crippen LogP contribution in [0.25, 0.3) is 0 Å². The van der Waals surface area contributed by atoms with Gasteiger partial charge >= 0.3 is 0 Å². The van der Waals surface area contributed by atoms with Crippen molar-refractivity contribution in [2.45, 2.75) is 19.4 Å². The monoisotopic (exact) mass is 255 g/mol. The molecule has 4 heteroatoms. The first kappa shape index (κ1) is 13.0. The Labute approximate surface area is 107 Å². The van der Waals surface area contributed by atoms with E-state index in [9.17, 15) is 0 Å². The maximum atomic E-state index is 9.09. The van der Waals surface area contributed by atoms with Crippen LogP contribution in [0.1, 0.15) is 17.7 Å². The Morgan fingerprint density at radius 2 is 2.41 bits per heavy atom. The van der Waals surface area contributed by atoms with Gasteiger partial charge in [0.25, 0.3) is 0 Å². The molecule has 1 aliphatic rings. The topological polar surface area (TPSA) is 32.7 Å². The zero-order valence-electron chi connectivity index (χ0n) is 10.2. The molecule has 96 valence electrons. The molecule has 1 unspecified atom stereocenters. The van der Waals surface area contributed by atoms with Gasteiger partial charge in [-0.05, 0) is 36.8 Å². The van der Waals surface area contributed by atoms with E-state index in [0.29, 0.717) is 0 Å². The van der Waals surface area contributed by atoms with E-state index in [2.05, 4.69) is 22.4 Å². The predicted octanol–water partition coefficient (Wildman–Crippen LogP) is 1.97.